The minimum absolute atomic E-state index is 0.145. The van der Waals surface area contributed by atoms with E-state index in [9.17, 15) is 4.79 Å². The number of pyridine rings is 1. The van der Waals surface area contributed by atoms with Crippen LogP contribution < -0.4 is 10.6 Å². The van der Waals surface area contributed by atoms with Crippen molar-refractivity contribution >= 4 is 11.6 Å². The summed E-state index contributed by atoms with van der Waals surface area (Å²) in [6, 6.07) is 3.59. The Balaban J connectivity index is 2.38. The molecule has 0 fully saturated rings. The molecule has 0 bridgehead atoms. The van der Waals surface area contributed by atoms with Crippen molar-refractivity contribution in [1.29, 1.82) is 0 Å². The summed E-state index contributed by atoms with van der Waals surface area (Å²) in [6.07, 6.45) is 3.54. The predicted octanol–water partition coefficient (Wildman–Crippen LogP) is 1.67. The van der Waals surface area contributed by atoms with Gasteiger partial charge in [0.2, 0.25) is 0 Å². The molecule has 1 aromatic rings. The summed E-state index contributed by atoms with van der Waals surface area (Å²) in [5.41, 5.74) is 1.38. The SMILES string of the molecule is CCCNc1ccc(C(=O)NCCCOC)nc1. The Hall–Kier alpha value is -1.62. The van der Waals surface area contributed by atoms with Crippen molar-refractivity contribution in [3.63, 3.8) is 0 Å². The normalized spacial score (nSPS) is 10.1. The van der Waals surface area contributed by atoms with Crippen LogP contribution in [0.2, 0.25) is 0 Å². The number of nitrogens with one attached hydrogen (secondary N) is 2. The van der Waals surface area contributed by atoms with Gasteiger partial charge in [0.25, 0.3) is 5.91 Å². The van der Waals surface area contributed by atoms with Crippen LogP contribution >= 0.6 is 0 Å². The van der Waals surface area contributed by atoms with Gasteiger partial charge in [-0.2, -0.15) is 0 Å². The van der Waals surface area contributed by atoms with Crippen LogP contribution in [0.15, 0.2) is 18.3 Å². The average Bonchev–Trinajstić information content (AvgIpc) is 2.41. The molecule has 5 nitrogen and oxygen atoms in total. The Labute approximate surface area is 108 Å². The molecule has 5 heteroatoms. The van der Waals surface area contributed by atoms with Crippen LogP contribution in [0, 0.1) is 0 Å². The van der Waals surface area contributed by atoms with Gasteiger partial charge in [-0.15, -0.1) is 0 Å². The maximum absolute atomic E-state index is 11.7. The zero-order chi connectivity index (χ0) is 13.2. The van der Waals surface area contributed by atoms with E-state index in [4.69, 9.17) is 4.74 Å². The molecule has 0 unspecified atom stereocenters. The molecule has 0 aromatic carbocycles. The van der Waals surface area contributed by atoms with E-state index in [1.807, 2.05) is 6.07 Å². The number of ether oxygens (including phenoxy) is 1. The van der Waals surface area contributed by atoms with Crippen molar-refractivity contribution in [2.45, 2.75) is 19.8 Å². The smallest absolute Gasteiger partial charge is 0.269 e. The molecule has 1 heterocycles. The largest absolute Gasteiger partial charge is 0.385 e. The molecular formula is C13H21N3O2. The van der Waals surface area contributed by atoms with Crippen molar-refractivity contribution in [2.24, 2.45) is 0 Å². The van der Waals surface area contributed by atoms with Gasteiger partial charge in [-0.25, -0.2) is 4.98 Å². The highest BCUT2D eigenvalue weighted by Gasteiger charge is 2.05. The summed E-state index contributed by atoms with van der Waals surface area (Å²) in [5.74, 6) is -0.145. The first-order valence-electron chi connectivity index (χ1n) is 6.25. The van der Waals surface area contributed by atoms with Gasteiger partial charge >= 0.3 is 0 Å². The molecule has 0 saturated carbocycles. The minimum Gasteiger partial charge on any atom is -0.385 e. The van der Waals surface area contributed by atoms with Crippen LogP contribution in [0.3, 0.4) is 0 Å². The predicted molar refractivity (Wildman–Crippen MR) is 71.8 cm³/mol. The molecule has 1 rings (SSSR count). The lowest BCUT2D eigenvalue weighted by molar-refractivity contribution is 0.0943. The first-order valence-corrected chi connectivity index (χ1v) is 6.25. The molecule has 0 saturated heterocycles. The summed E-state index contributed by atoms with van der Waals surface area (Å²) in [4.78, 5) is 15.8. The molecule has 0 radical (unpaired) electrons. The number of carbonyl (C=O) groups is 1. The first-order chi connectivity index (χ1) is 8.77. The first kappa shape index (κ1) is 14.4. The zero-order valence-electron chi connectivity index (χ0n) is 11.0. The van der Waals surface area contributed by atoms with Gasteiger partial charge in [0, 0.05) is 26.8 Å². The van der Waals surface area contributed by atoms with E-state index in [2.05, 4.69) is 22.5 Å². The fourth-order valence-electron chi connectivity index (χ4n) is 1.41. The second kappa shape index (κ2) is 8.47. The van der Waals surface area contributed by atoms with Crippen LogP contribution in [-0.4, -0.2) is 37.7 Å². The van der Waals surface area contributed by atoms with E-state index < -0.39 is 0 Å². The van der Waals surface area contributed by atoms with Gasteiger partial charge in [0.05, 0.1) is 11.9 Å². The Morgan fingerprint density at radius 1 is 1.39 bits per heavy atom. The summed E-state index contributed by atoms with van der Waals surface area (Å²) >= 11 is 0. The molecule has 0 aliphatic rings. The fraction of sp³-hybridized carbons (Fsp3) is 0.538. The third kappa shape index (κ3) is 5.14. The van der Waals surface area contributed by atoms with E-state index in [0.717, 1.165) is 25.1 Å². The van der Waals surface area contributed by atoms with Crippen molar-refractivity contribution in [2.75, 3.05) is 32.1 Å². The van der Waals surface area contributed by atoms with Crippen LogP contribution in [-0.2, 0) is 4.74 Å². The maximum atomic E-state index is 11.7. The van der Waals surface area contributed by atoms with Crippen LogP contribution in [0.4, 0.5) is 5.69 Å². The number of hydrogen-bond acceptors (Lipinski definition) is 4. The number of aromatic nitrogens is 1. The number of carbonyl (C=O) groups excluding carboxylic acids is 1. The van der Waals surface area contributed by atoms with E-state index in [1.165, 1.54) is 0 Å². The van der Waals surface area contributed by atoms with Gasteiger partial charge < -0.3 is 15.4 Å². The molecule has 2 N–H and O–H groups in total. The number of hydrogen-bond donors (Lipinski definition) is 2. The number of nitrogens with zero attached hydrogens (tertiary/aromatic N) is 1. The van der Waals surface area contributed by atoms with Crippen molar-refractivity contribution in [3.8, 4) is 0 Å². The Bertz CT molecular complexity index is 352. The second-order valence-corrected chi connectivity index (χ2v) is 3.96. The standard InChI is InChI=1S/C13H21N3O2/c1-3-7-14-11-5-6-12(16-10-11)13(17)15-8-4-9-18-2/h5-6,10,14H,3-4,7-9H2,1-2H3,(H,15,17). The Morgan fingerprint density at radius 2 is 2.22 bits per heavy atom. The van der Waals surface area contributed by atoms with Gasteiger partial charge in [-0.05, 0) is 25.0 Å². The Kier molecular flexibility index (Phi) is 6.79. The molecule has 0 atom stereocenters. The summed E-state index contributed by atoms with van der Waals surface area (Å²) < 4.78 is 4.91. The fourth-order valence-corrected chi connectivity index (χ4v) is 1.41. The topological polar surface area (TPSA) is 63.2 Å². The van der Waals surface area contributed by atoms with Crippen molar-refractivity contribution in [3.05, 3.63) is 24.0 Å². The second-order valence-electron chi connectivity index (χ2n) is 3.96. The minimum atomic E-state index is -0.145. The lowest BCUT2D eigenvalue weighted by Gasteiger charge is -2.06. The number of amides is 1. The quantitative estimate of drug-likeness (QED) is 0.690. The zero-order valence-corrected chi connectivity index (χ0v) is 11.0. The molecule has 1 aromatic heterocycles. The summed E-state index contributed by atoms with van der Waals surface area (Å²) in [5, 5.41) is 6.00. The van der Waals surface area contributed by atoms with Gasteiger partial charge in [0.1, 0.15) is 5.69 Å². The molecule has 0 aliphatic carbocycles. The molecule has 0 spiro atoms. The molecule has 1 amide bonds. The van der Waals surface area contributed by atoms with E-state index in [0.29, 0.717) is 18.8 Å². The highest BCUT2D eigenvalue weighted by atomic mass is 16.5. The van der Waals surface area contributed by atoms with Crippen molar-refractivity contribution < 1.29 is 9.53 Å². The lowest BCUT2D eigenvalue weighted by atomic mass is 10.3. The molecule has 100 valence electrons. The van der Waals surface area contributed by atoms with Crippen LogP contribution in [0.5, 0.6) is 0 Å². The molecule has 0 aliphatic heterocycles. The van der Waals surface area contributed by atoms with Gasteiger partial charge in [-0.3, -0.25) is 4.79 Å². The van der Waals surface area contributed by atoms with Gasteiger partial charge in [0.15, 0.2) is 0 Å². The van der Waals surface area contributed by atoms with E-state index >= 15 is 0 Å². The summed E-state index contributed by atoms with van der Waals surface area (Å²) in [6.45, 7) is 4.25. The third-order valence-corrected chi connectivity index (χ3v) is 2.39. The van der Waals surface area contributed by atoms with E-state index in [1.54, 1.807) is 19.4 Å². The van der Waals surface area contributed by atoms with Gasteiger partial charge in [-0.1, -0.05) is 6.92 Å². The molecular weight excluding hydrogens is 230 g/mol. The monoisotopic (exact) mass is 251 g/mol. The lowest BCUT2D eigenvalue weighted by Crippen LogP contribution is -2.26. The maximum Gasteiger partial charge on any atom is 0.269 e. The molecule has 18 heavy (non-hydrogen) atoms. The Morgan fingerprint density at radius 3 is 2.83 bits per heavy atom. The van der Waals surface area contributed by atoms with Crippen LogP contribution in [0.1, 0.15) is 30.3 Å². The number of rotatable bonds is 8. The number of methoxy groups -OCH3 is 1. The van der Waals surface area contributed by atoms with E-state index in [-0.39, 0.29) is 5.91 Å². The summed E-state index contributed by atoms with van der Waals surface area (Å²) in [7, 11) is 1.64. The highest BCUT2D eigenvalue weighted by Crippen LogP contribution is 2.05. The number of anilines is 1. The average molecular weight is 251 g/mol. The third-order valence-electron chi connectivity index (χ3n) is 2.39. The van der Waals surface area contributed by atoms with Crippen LogP contribution in [0.25, 0.3) is 0 Å². The highest BCUT2D eigenvalue weighted by molar-refractivity contribution is 5.92. The van der Waals surface area contributed by atoms with Crippen molar-refractivity contribution in [1.82, 2.24) is 10.3 Å².